The van der Waals surface area contributed by atoms with E-state index in [4.69, 9.17) is 32.9 Å². The van der Waals surface area contributed by atoms with Crippen molar-refractivity contribution < 1.29 is 37.6 Å². The van der Waals surface area contributed by atoms with Crippen LogP contribution in [-0.4, -0.2) is 73.4 Å². The van der Waals surface area contributed by atoms with Crippen LogP contribution in [-0.2, 0) is 16.2 Å². The highest BCUT2D eigenvalue weighted by atomic mass is 35.5. The third-order valence-corrected chi connectivity index (χ3v) is 11.1. The largest absolute Gasteiger partial charge is 0.394 e. The predicted molar refractivity (Wildman–Crippen MR) is 194 cm³/mol. The number of aryl methyl sites for hydroxylation is 3. The van der Waals surface area contributed by atoms with Crippen LogP contribution in [0.15, 0.2) is 61.2 Å². The van der Waals surface area contributed by atoms with Gasteiger partial charge in [0.05, 0.1) is 56.1 Å². The average molecular weight is 816 g/mol. The molecule has 1 unspecified atom stereocenters. The summed E-state index contributed by atoms with van der Waals surface area (Å²) in [7, 11) is 0. The summed E-state index contributed by atoms with van der Waals surface area (Å²) in [4.78, 5) is 9.32. The summed E-state index contributed by atoms with van der Waals surface area (Å²) < 4.78 is 70.8. The first kappa shape index (κ1) is 37.2. The molecule has 19 heteroatoms. The Morgan fingerprint density at radius 3 is 2.09 bits per heavy atom. The van der Waals surface area contributed by atoms with Crippen LogP contribution in [0.2, 0.25) is 10.0 Å². The van der Waals surface area contributed by atoms with Gasteiger partial charge in [-0.2, -0.15) is 15.3 Å². The fraction of sp³-hybridized carbons (Fsp3) is 0.250. The first-order chi connectivity index (χ1) is 26.2. The molecule has 0 amide bonds. The highest BCUT2D eigenvalue weighted by Gasteiger charge is 2.66. The highest BCUT2D eigenvalue weighted by Crippen LogP contribution is 2.50. The smallest absolute Gasteiger partial charge is 0.272 e. The number of hydrogen-bond donors (Lipinski definition) is 3. The Balaban J connectivity index is 1.43. The van der Waals surface area contributed by atoms with Crippen molar-refractivity contribution in [1.29, 1.82) is 0 Å². The van der Waals surface area contributed by atoms with Gasteiger partial charge in [0.25, 0.3) is 5.72 Å². The lowest BCUT2D eigenvalue weighted by atomic mass is 9.86. The van der Waals surface area contributed by atoms with Crippen LogP contribution in [0.5, 0.6) is 0 Å². The number of fused-ring (bicyclic) bond motifs is 1. The third kappa shape index (κ3) is 5.75. The number of halogens is 6. The molecule has 284 valence electrons. The van der Waals surface area contributed by atoms with E-state index in [1.165, 1.54) is 46.7 Å². The van der Waals surface area contributed by atoms with Crippen molar-refractivity contribution >= 4 is 44.8 Å². The maximum Gasteiger partial charge on any atom is 0.272 e. The van der Waals surface area contributed by atoms with Gasteiger partial charge in [-0.25, -0.2) is 41.6 Å². The van der Waals surface area contributed by atoms with E-state index in [-0.39, 0.29) is 33.9 Å². The van der Waals surface area contributed by atoms with Crippen molar-refractivity contribution in [2.24, 2.45) is 0 Å². The molecule has 8 rings (SSSR count). The Morgan fingerprint density at radius 1 is 0.873 bits per heavy atom. The Bertz CT molecular complexity index is 2650. The highest BCUT2D eigenvalue weighted by molar-refractivity contribution is 7.18. The van der Waals surface area contributed by atoms with Gasteiger partial charge in [-0.1, -0.05) is 23.2 Å². The second-order valence-electron chi connectivity index (χ2n) is 13.1. The summed E-state index contributed by atoms with van der Waals surface area (Å²) in [5.74, 6) is -5.13. The van der Waals surface area contributed by atoms with Crippen LogP contribution in [0, 0.1) is 44.0 Å². The van der Waals surface area contributed by atoms with Crippen LogP contribution >= 0.6 is 34.5 Å². The van der Waals surface area contributed by atoms with Crippen LogP contribution < -0.4 is 0 Å². The number of rotatable bonds is 7. The number of aliphatic hydroxyl groups excluding tert-OH is 2. The van der Waals surface area contributed by atoms with Gasteiger partial charge in [-0.3, -0.25) is 0 Å². The Morgan fingerprint density at radius 2 is 1.47 bits per heavy atom. The molecule has 1 saturated heterocycles. The second kappa shape index (κ2) is 13.5. The maximum atomic E-state index is 15.4. The number of thiazole rings is 1. The van der Waals surface area contributed by atoms with Crippen LogP contribution in [0.3, 0.4) is 0 Å². The van der Waals surface area contributed by atoms with E-state index in [9.17, 15) is 24.1 Å². The summed E-state index contributed by atoms with van der Waals surface area (Å²) in [6.45, 7) is 4.50. The minimum atomic E-state index is -2.61. The minimum absolute atomic E-state index is 0.00505. The van der Waals surface area contributed by atoms with Gasteiger partial charge < -0.3 is 20.1 Å². The maximum absolute atomic E-state index is 15.4. The zero-order valence-electron chi connectivity index (χ0n) is 28.8. The van der Waals surface area contributed by atoms with Crippen molar-refractivity contribution in [3.63, 3.8) is 0 Å². The number of nitrogens with zero attached hydrogens (tertiary/aromatic N) is 8. The topological polar surface area (TPSA) is 149 Å². The summed E-state index contributed by atoms with van der Waals surface area (Å²) in [5, 5.41) is 48.6. The molecule has 55 heavy (non-hydrogen) atoms. The first-order valence-corrected chi connectivity index (χ1v) is 18.1. The first-order valence-electron chi connectivity index (χ1n) is 16.6. The molecule has 0 bridgehead atoms. The predicted octanol–water partition coefficient (Wildman–Crippen LogP) is 6.58. The molecule has 3 N–H and O–H groups in total. The number of ether oxygens (including phenoxy) is 1. The molecule has 5 heterocycles. The van der Waals surface area contributed by atoms with Crippen molar-refractivity contribution in [3.8, 4) is 27.9 Å². The van der Waals surface area contributed by atoms with E-state index in [0.717, 1.165) is 42.9 Å². The fourth-order valence-electron chi connectivity index (χ4n) is 6.94. The number of benzene rings is 3. The second-order valence-corrected chi connectivity index (χ2v) is 15.1. The van der Waals surface area contributed by atoms with Crippen LogP contribution in [0.4, 0.5) is 17.6 Å². The van der Waals surface area contributed by atoms with Crippen molar-refractivity contribution in [2.75, 3.05) is 6.61 Å². The van der Waals surface area contributed by atoms with Gasteiger partial charge in [-0.05, 0) is 62.7 Å². The molecule has 0 aliphatic carbocycles. The summed E-state index contributed by atoms with van der Waals surface area (Å²) >= 11 is 13.1. The van der Waals surface area contributed by atoms with E-state index in [0.29, 0.717) is 11.3 Å². The quantitative estimate of drug-likeness (QED) is 0.120. The van der Waals surface area contributed by atoms with Crippen molar-refractivity contribution in [2.45, 2.75) is 50.8 Å². The Hall–Kier alpha value is -4.75. The lowest BCUT2D eigenvalue weighted by molar-refractivity contribution is -0.338. The molecule has 0 spiro atoms. The molecule has 0 radical (unpaired) electrons. The van der Waals surface area contributed by atoms with Gasteiger partial charge in [0, 0.05) is 41.1 Å². The number of hydrogen-bond acceptors (Lipinski definition) is 10. The van der Waals surface area contributed by atoms with Gasteiger partial charge in [-0.15, -0.1) is 11.3 Å². The van der Waals surface area contributed by atoms with E-state index in [2.05, 4.69) is 20.3 Å². The zero-order chi connectivity index (χ0) is 39.1. The van der Waals surface area contributed by atoms with E-state index in [1.54, 1.807) is 6.92 Å². The summed E-state index contributed by atoms with van der Waals surface area (Å²) in [5.41, 5.74) is -3.70. The fourth-order valence-corrected chi connectivity index (χ4v) is 8.08. The van der Waals surface area contributed by atoms with Gasteiger partial charge in [0.1, 0.15) is 11.9 Å². The van der Waals surface area contributed by atoms with Gasteiger partial charge in [0.2, 0.25) is 5.72 Å². The molecule has 7 aromatic rings. The number of aromatic nitrogens is 8. The van der Waals surface area contributed by atoms with E-state index >= 15 is 8.78 Å². The summed E-state index contributed by atoms with van der Waals surface area (Å²) in [6, 6.07) is 8.46. The molecule has 3 aromatic carbocycles. The van der Waals surface area contributed by atoms with E-state index < -0.39 is 70.0 Å². The Kier molecular flexibility index (Phi) is 9.11. The molecule has 4 aromatic heterocycles. The van der Waals surface area contributed by atoms with Crippen LogP contribution in [0.1, 0.15) is 28.6 Å². The molecule has 4 atom stereocenters. The van der Waals surface area contributed by atoms with Crippen molar-refractivity contribution in [3.05, 3.63) is 117 Å². The van der Waals surface area contributed by atoms with Gasteiger partial charge in [0.15, 0.2) is 29.1 Å². The third-order valence-electron chi connectivity index (χ3n) is 9.58. The van der Waals surface area contributed by atoms with Crippen LogP contribution in [0.25, 0.3) is 38.2 Å². The molecular weight excluding hydrogens is 787 g/mol. The molecule has 0 saturated carbocycles. The number of aliphatic hydroxyl groups is 3. The molecule has 12 nitrogen and oxygen atoms in total. The standard InChI is InChI=1S/C36H28Cl2F4N8O4S/c1-16-8-25-29(55-18(3)46-25)9-26(16)50-34(45-17(2)47-50)36(49-14-20(12-44-49)22-5-7-24(38)33(42)31(22)40)35(53,10-27(52)28(15-51)54-36)48-13-19(11-43-48)21-4-6-23(37)32(41)30(21)39/h4-9,11-14,27-28,51-53H,10,15H2,1-3H3/t27-,28-,35-,36?/m1/s1. The summed E-state index contributed by atoms with van der Waals surface area (Å²) in [6.07, 6.45) is 1.18. The molecule has 1 aliphatic rings. The zero-order valence-corrected chi connectivity index (χ0v) is 31.2. The SMILES string of the molecule is Cc1nc(C2(n3cc(-c4ccc(Cl)c(F)c4F)cn3)O[C@H](CO)[C@H](O)C[C@]2(O)n2cc(-c3ccc(Cl)c(F)c3F)cn2)n(-c2cc3sc(C)nc3cc2C)n1. The van der Waals surface area contributed by atoms with E-state index in [1.807, 2.05) is 26.0 Å². The van der Waals surface area contributed by atoms with Crippen molar-refractivity contribution in [1.82, 2.24) is 39.3 Å². The normalized spacial score (nSPS) is 21.5. The van der Waals surface area contributed by atoms with Gasteiger partial charge >= 0.3 is 0 Å². The molecular formula is C36H28Cl2F4N8O4S. The Labute approximate surface area is 322 Å². The monoisotopic (exact) mass is 814 g/mol. The lowest BCUT2D eigenvalue weighted by Gasteiger charge is -2.51. The minimum Gasteiger partial charge on any atom is -0.394 e. The molecule has 1 fully saturated rings. The molecule has 1 aliphatic heterocycles. The lowest BCUT2D eigenvalue weighted by Crippen LogP contribution is -2.68. The average Bonchev–Trinajstić information content (AvgIpc) is 3.97.